The predicted octanol–water partition coefficient (Wildman–Crippen LogP) is 6.55. The normalized spacial score (nSPS) is 17.3. The van der Waals surface area contributed by atoms with Gasteiger partial charge in [0.05, 0.1) is 0 Å². The van der Waals surface area contributed by atoms with Crippen molar-refractivity contribution in [1.29, 1.82) is 0 Å². The van der Waals surface area contributed by atoms with Gasteiger partial charge in [0, 0.05) is 5.41 Å². The average Bonchev–Trinajstić information content (AvgIpc) is 3.04. The molecule has 2 aromatic rings. The summed E-state index contributed by atoms with van der Waals surface area (Å²) in [5, 5.41) is 20.8. The van der Waals surface area contributed by atoms with Gasteiger partial charge < -0.3 is 10.2 Å². The van der Waals surface area contributed by atoms with E-state index in [1.54, 1.807) is 0 Å². The highest BCUT2D eigenvalue weighted by atomic mass is 16.3. The summed E-state index contributed by atoms with van der Waals surface area (Å²) < 4.78 is 0. The van der Waals surface area contributed by atoms with Gasteiger partial charge in [-0.15, -0.1) is 0 Å². The molecule has 0 aliphatic heterocycles. The maximum atomic E-state index is 10.4. The van der Waals surface area contributed by atoms with Crippen molar-refractivity contribution in [3.63, 3.8) is 0 Å². The van der Waals surface area contributed by atoms with Crippen LogP contribution in [0.3, 0.4) is 0 Å². The van der Waals surface area contributed by atoms with Crippen molar-refractivity contribution < 1.29 is 10.2 Å². The summed E-state index contributed by atoms with van der Waals surface area (Å²) in [4.78, 5) is 0. The van der Waals surface area contributed by atoms with Gasteiger partial charge in [-0.05, 0) is 58.1 Å². The maximum Gasteiger partial charge on any atom is 0.119 e. The van der Waals surface area contributed by atoms with Gasteiger partial charge in [0.15, 0.2) is 0 Å². The first-order valence-corrected chi connectivity index (χ1v) is 10.1. The number of phenolic OH excluding ortho intramolecular Hbond substituents is 2. The standard InChI is InChI=1S/C25H34O2/c1-23(2,3)19-15-17(9-11-21(19)26)25(13-7-8-14-25)18-10-12-22(27)20(16-18)24(4,5)6/h9-12,15-16,26-27H,7-8,13-14H2,1-6H3. The lowest BCUT2D eigenvalue weighted by molar-refractivity contribution is 0.441. The van der Waals surface area contributed by atoms with Crippen LogP contribution in [0.1, 0.15) is 89.5 Å². The molecule has 0 heterocycles. The minimum Gasteiger partial charge on any atom is -0.508 e. The molecule has 146 valence electrons. The molecule has 1 saturated carbocycles. The minimum atomic E-state index is -0.106. The highest BCUT2D eigenvalue weighted by molar-refractivity contribution is 5.51. The second-order valence-electron chi connectivity index (χ2n) is 10.3. The van der Waals surface area contributed by atoms with E-state index in [1.165, 1.54) is 24.0 Å². The summed E-state index contributed by atoms with van der Waals surface area (Å²) >= 11 is 0. The van der Waals surface area contributed by atoms with Crippen molar-refractivity contribution in [2.75, 3.05) is 0 Å². The molecule has 27 heavy (non-hydrogen) atoms. The van der Waals surface area contributed by atoms with E-state index < -0.39 is 0 Å². The van der Waals surface area contributed by atoms with Gasteiger partial charge in [0.1, 0.15) is 11.5 Å². The Kier molecular flexibility index (Phi) is 4.82. The van der Waals surface area contributed by atoms with Gasteiger partial charge in [0.2, 0.25) is 0 Å². The van der Waals surface area contributed by atoms with Crippen LogP contribution in [0.4, 0.5) is 0 Å². The van der Waals surface area contributed by atoms with E-state index in [2.05, 4.69) is 65.8 Å². The Morgan fingerprint density at radius 3 is 1.37 bits per heavy atom. The van der Waals surface area contributed by atoms with Gasteiger partial charge in [-0.1, -0.05) is 78.6 Å². The third-order valence-corrected chi connectivity index (χ3v) is 6.17. The fraction of sp³-hybridized carbons (Fsp3) is 0.520. The first-order valence-electron chi connectivity index (χ1n) is 10.1. The van der Waals surface area contributed by atoms with Gasteiger partial charge >= 0.3 is 0 Å². The molecule has 1 aliphatic carbocycles. The largest absolute Gasteiger partial charge is 0.508 e. The zero-order chi connectivity index (χ0) is 20.0. The minimum absolute atomic E-state index is 0.0403. The van der Waals surface area contributed by atoms with Crippen molar-refractivity contribution in [3.8, 4) is 11.5 Å². The molecule has 0 unspecified atom stereocenters. The second kappa shape index (κ2) is 6.58. The van der Waals surface area contributed by atoms with E-state index in [4.69, 9.17) is 0 Å². The number of rotatable bonds is 2. The SMILES string of the molecule is CC(C)(C)c1cc(C2(c3ccc(O)c(C(C)(C)C)c3)CCCC2)ccc1O. The summed E-state index contributed by atoms with van der Waals surface area (Å²) in [6, 6.07) is 12.3. The molecule has 2 heteroatoms. The van der Waals surface area contributed by atoms with E-state index in [-0.39, 0.29) is 16.2 Å². The molecular weight excluding hydrogens is 332 g/mol. The zero-order valence-corrected chi connectivity index (χ0v) is 17.7. The Morgan fingerprint density at radius 1 is 0.667 bits per heavy atom. The highest BCUT2D eigenvalue weighted by Crippen LogP contribution is 2.49. The Labute approximate surface area is 164 Å². The molecule has 0 bridgehead atoms. The van der Waals surface area contributed by atoms with Gasteiger partial charge in [-0.2, -0.15) is 0 Å². The fourth-order valence-corrected chi connectivity index (χ4v) is 4.59. The van der Waals surface area contributed by atoms with Gasteiger partial charge in [-0.25, -0.2) is 0 Å². The highest BCUT2D eigenvalue weighted by Gasteiger charge is 2.39. The molecule has 2 nitrogen and oxygen atoms in total. The number of phenols is 2. The Morgan fingerprint density at radius 2 is 1.04 bits per heavy atom. The molecule has 0 aromatic heterocycles. The molecule has 0 saturated heterocycles. The van der Waals surface area contributed by atoms with Crippen LogP contribution < -0.4 is 0 Å². The Balaban J connectivity index is 2.19. The Bertz CT molecular complexity index is 763. The third-order valence-electron chi connectivity index (χ3n) is 6.17. The smallest absolute Gasteiger partial charge is 0.119 e. The fourth-order valence-electron chi connectivity index (χ4n) is 4.59. The van der Waals surface area contributed by atoms with E-state index >= 15 is 0 Å². The number of benzene rings is 2. The van der Waals surface area contributed by atoms with Crippen LogP contribution in [0.2, 0.25) is 0 Å². The summed E-state index contributed by atoms with van der Waals surface area (Å²) in [6.45, 7) is 12.9. The maximum absolute atomic E-state index is 10.4. The number of hydrogen-bond donors (Lipinski definition) is 2. The van der Waals surface area contributed by atoms with Crippen LogP contribution in [0, 0.1) is 0 Å². The van der Waals surface area contributed by atoms with E-state index in [1.807, 2.05) is 12.1 Å². The lowest BCUT2D eigenvalue weighted by atomic mass is 9.70. The summed E-state index contributed by atoms with van der Waals surface area (Å²) in [7, 11) is 0. The molecule has 0 amide bonds. The van der Waals surface area contributed by atoms with Crippen molar-refractivity contribution in [2.24, 2.45) is 0 Å². The van der Waals surface area contributed by atoms with Gasteiger partial charge in [0.25, 0.3) is 0 Å². The first-order chi connectivity index (χ1) is 12.4. The van der Waals surface area contributed by atoms with Crippen LogP contribution in [0.5, 0.6) is 11.5 Å². The third kappa shape index (κ3) is 3.59. The van der Waals surface area contributed by atoms with Crippen LogP contribution in [-0.2, 0) is 16.2 Å². The lowest BCUT2D eigenvalue weighted by Gasteiger charge is -2.34. The summed E-state index contributed by atoms with van der Waals surface area (Å²) in [5.74, 6) is 0.751. The first kappa shape index (κ1) is 19.8. The summed E-state index contributed by atoms with van der Waals surface area (Å²) in [5.41, 5.74) is 4.32. The Hall–Kier alpha value is -1.96. The average molecular weight is 367 g/mol. The number of hydrogen-bond acceptors (Lipinski definition) is 2. The molecule has 0 spiro atoms. The molecule has 3 rings (SSSR count). The topological polar surface area (TPSA) is 40.5 Å². The summed E-state index contributed by atoms with van der Waals surface area (Å²) in [6.07, 6.45) is 4.63. The molecule has 2 aromatic carbocycles. The van der Waals surface area contributed by atoms with E-state index in [9.17, 15) is 10.2 Å². The van der Waals surface area contributed by atoms with Crippen LogP contribution >= 0.6 is 0 Å². The van der Waals surface area contributed by atoms with E-state index in [0.29, 0.717) is 11.5 Å². The van der Waals surface area contributed by atoms with Crippen LogP contribution in [0.15, 0.2) is 36.4 Å². The molecular formula is C25H34O2. The van der Waals surface area contributed by atoms with Crippen molar-refractivity contribution in [2.45, 2.75) is 83.5 Å². The van der Waals surface area contributed by atoms with E-state index in [0.717, 1.165) is 24.0 Å². The zero-order valence-electron chi connectivity index (χ0n) is 17.7. The molecule has 0 atom stereocenters. The number of aromatic hydroxyl groups is 2. The quantitative estimate of drug-likeness (QED) is 0.632. The predicted molar refractivity (Wildman–Crippen MR) is 113 cm³/mol. The molecule has 1 fully saturated rings. The molecule has 0 radical (unpaired) electrons. The molecule has 2 N–H and O–H groups in total. The lowest BCUT2D eigenvalue weighted by Crippen LogP contribution is -2.26. The van der Waals surface area contributed by atoms with Crippen LogP contribution in [0.25, 0.3) is 0 Å². The van der Waals surface area contributed by atoms with Crippen molar-refractivity contribution >= 4 is 0 Å². The molecule has 1 aliphatic rings. The van der Waals surface area contributed by atoms with Crippen LogP contribution in [-0.4, -0.2) is 10.2 Å². The van der Waals surface area contributed by atoms with Crippen molar-refractivity contribution in [3.05, 3.63) is 58.7 Å². The second-order valence-corrected chi connectivity index (χ2v) is 10.3. The van der Waals surface area contributed by atoms with Crippen molar-refractivity contribution in [1.82, 2.24) is 0 Å². The monoisotopic (exact) mass is 366 g/mol. The van der Waals surface area contributed by atoms with Gasteiger partial charge in [-0.3, -0.25) is 0 Å².